The van der Waals surface area contributed by atoms with Crippen molar-refractivity contribution in [2.75, 3.05) is 6.61 Å². The Kier molecular flexibility index (Phi) is 3.56. The van der Waals surface area contributed by atoms with E-state index in [-0.39, 0.29) is 12.1 Å². The maximum atomic E-state index is 9.32. The average molecular weight is 157 g/mol. The molecule has 2 N–H and O–H groups in total. The van der Waals surface area contributed by atoms with Gasteiger partial charge in [-0.1, -0.05) is 6.08 Å². The van der Waals surface area contributed by atoms with Gasteiger partial charge in [0.1, 0.15) is 0 Å². The molecule has 2 atom stereocenters. The predicted molar refractivity (Wildman–Crippen MR) is 42.9 cm³/mol. The molecule has 1 rings (SSSR count). The van der Waals surface area contributed by atoms with Gasteiger partial charge in [-0.2, -0.15) is 5.48 Å². The van der Waals surface area contributed by atoms with Crippen LogP contribution < -0.4 is 5.48 Å². The van der Waals surface area contributed by atoms with E-state index in [1.54, 1.807) is 6.08 Å². The quantitative estimate of drug-likeness (QED) is 0.357. The Balaban J connectivity index is 2.10. The lowest BCUT2D eigenvalue weighted by molar-refractivity contribution is 0.00109. The van der Waals surface area contributed by atoms with E-state index in [1.165, 1.54) is 0 Å². The van der Waals surface area contributed by atoms with Gasteiger partial charge in [0.2, 0.25) is 0 Å². The van der Waals surface area contributed by atoms with Gasteiger partial charge >= 0.3 is 0 Å². The van der Waals surface area contributed by atoms with E-state index in [0.717, 1.165) is 19.3 Å². The molecule has 0 aromatic carbocycles. The van der Waals surface area contributed by atoms with Gasteiger partial charge in [0.15, 0.2) is 0 Å². The van der Waals surface area contributed by atoms with Gasteiger partial charge in [0, 0.05) is 0 Å². The van der Waals surface area contributed by atoms with Crippen molar-refractivity contribution in [2.45, 2.75) is 31.4 Å². The van der Waals surface area contributed by atoms with Crippen molar-refractivity contribution >= 4 is 0 Å². The number of hydrogen-bond acceptors (Lipinski definition) is 3. The number of rotatable bonds is 4. The van der Waals surface area contributed by atoms with E-state index in [1.807, 2.05) is 0 Å². The van der Waals surface area contributed by atoms with E-state index >= 15 is 0 Å². The Bertz CT molecular complexity index is 127. The summed E-state index contributed by atoms with van der Waals surface area (Å²) >= 11 is 0. The van der Waals surface area contributed by atoms with Crippen molar-refractivity contribution in [1.29, 1.82) is 0 Å². The molecule has 0 saturated heterocycles. The third kappa shape index (κ3) is 2.61. The molecule has 1 fully saturated rings. The summed E-state index contributed by atoms with van der Waals surface area (Å²) in [6.07, 6.45) is 4.40. The van der Waals surface area contributed by atoms with Gasteiger partial charge in [-0.25, -0.2) is 0 Å². The maximum absolute atomic E-state index is 9.32. The van der Waals surface area contributed by atoms with Crippen LogP contribution in [0, 0.1) is 0 Å². The average Bonchev–Trinajstić information content (AvgIpc) is 2.37. The molecule has 0 amide bonds. The SMILES string of the molecule is C=CCONC1CCCC1O. The highest BCUT2D eigenvalue weighted by atomic mass is 16.6. The highest BCUT2D eigenvalue weighted by molar-refractivity contribution is 4.80. The van der Waals surface area contributed by atoms with Crippen molar-refractivity contribution in [3.05, 3.63) is 12.7 Å². The van der Waals surface area contributed by atoms with Crippen LogP contribution in [-0.4, -0.2) is 23.9 Å². The molecular formula is C8H15NO2. The second kappa shape index (κ2) is 4.49. The van der Waals surface area contributed by atoms with Crippen LogP contribution in [0.4, 0.5) is 0 Å². The van der Waals surface area contributed by atoms with Crippen LogP contribution >= 0.6 is 0 Å². The van der Waals surface area contributed by atoms with Gasteiger partial charge in [-0.3, -0.25) is 4.84 Å². The summed E-state index contributed by atoms with van der Waals surface area (Å²) in [6.45, 7) is 4.01. The Morgan fingerprint density at radius 2 is 2.45 bits per heavy atom. The Labute approximate surface area is 67.0 Å². The molecule has 0 aliphatic heterocycles. The molecule has 11 heavy (non-hydrogen) atoms. The Hall–Kier alpha value is -0.380. The first-order chi connectivity index (χ1) is 5.34. The molecular weight excluding hydrogens is 142 g/mol. The van der Waals surface area contributed by atoms with Gasteiger partial charge in [0.25, 0.3) is 0 Å². The van der Waals surface area contributed by atoms with Crippen molar-refractivity contribution in [3.8, 4) is 0 Å². The van der Waals surface area contributed by atoms with E-state index in [0.29, 0.717) is 6.61 Å². The lowest BCUT2D eigenvalue weighted by Gasteiger charge is -2.14. The van der Waals surface area contributed by atoms with Crippen molar-refractivity contribution < 1.29 is 9.94 Å². The fourth-order valence-corrected chi connectivity index (χ4v) is 1.29. The molecule has 0 heterocycles. The number of hydroxylamine groups is 1. The molecule has 3 heteroatoms. The molecule has 0 bridgehead atoms. The number of hydrogen-bond donors (Lipinski definition) is 2. The highest BCUT2D eigenvalue weighted by Gasteiger charge is 2.24. The normalized spacial score (nSPS) is 30.6. The summed E-state index contributed by atoms with van der Waals surface area (Å²) < 4.78 is 0. The summed E-state index contributed by atoms with van der Waals surface area (Å²) in [5.41, 5.74) is 2.81. The molecule has 3 nitrogen and oxygen atoms in total. The standard InChI is InChI=1S/C8H15NO2/c1-2-6-11-9-7-4-3-5-8(7)10/h2,7-10H,1,3-6H2. The molecule has 64 valence electrons. The lowest BCUT2D eigenvalue weighted by Crippen LogP contribution is -2.35. The van der Waals surface area contributed by atoms with E-state index in [2.05, 4.69) is 12.1 Å². The number of nitrogens with one attached hydrogen (secondary N) is 1. The van der Waals surface area contributed by atoms with Crippen LogP contribution in [-0.2, 0) is 4.84 Å². The summed E-state index contributed by atoms with van der Waals surface area (Å²) in [5, 5.41) is 9.32. The van der Waals surface area contributed by atoms with Crippen molar-refractivity contribution in [1.82, 2.24) is 5.48 Å². The van der Waals surface area contributed by atoms with Crippen LogP contribution in [0.2, 0.25) is 0 Å². The van der Waals surface area contributed by atoms with E-state index < -0.39 is 0 Å². The molecule has 0 radical (unpaired) electrons. The number of aliphatic hydroxyl groups is 1. The largest absolute Gasteiger partial charge is 0.391 e. The monoisotopic (exact) mass is 157 g/mol. The summed E-state index contributed by atoms with van der Waals surface area (Å²) in [5.74, 6) is 0. The molecule has 2 unspecified atom stereocenters. The van der Waals surface area contributed by atoms with Crippen LogP contribution in [0.3, 0.4) is 0 Å². The minimum atomic E-state index is -0.236. The Morgan fingerprint density at radius 3 is 3.00 bits per heavy atom. The van der Waals surface area contributed by atoms with Crippen molar-refractivity contribution in [3.63, 3.8) is 0 Å². The highest BCUT2D eigenvalue weighted by Crippen LogP contribution is 2.18. The van der Waals surface area contributed by atoms with Gasteiger partial charge in [-0.05, 0) is 19.3 Å². The first-order valence-electron chi connectivity index (χ1n) is 4.01. The zero-order valence-electron chi connectivity index (χ0n) is 6.62. The molecule has 1 saturated carbocycles. The smallest absolute Gasteiger partial charge is 0.0861 e. The third-order valence-corrected chi connectivity index (χ3v) is 1.92. The topological polar surface area (TPSA) is 41.5 Å². The first-order valence-corrected chi connectivity index (χ1v) is 4.01. The fourth-order valence-electron chi connectivity index (χ4n) is 1.29. The lowest BCUT2D eigenvalue weighted by atomic mass is 10.2. The predicted octanol–water partition coefficient (Wildman–Crippen LogP) is 0.607. The zero-order valence-corrected chi connectivity index (χ0v) is 6.62. The van der Waals surface area contributed by atoms with E-state index in [9.17, 15) is 5.11 Å². The molecule has 0 spiro atoms. The summed E-state index contributed by atoms with van der Waals surface area (Å²) in [7, 11) is 0. The second-order valence-electron chi connectivity index (χ2n) is 2.82. The minimum absolute atomic E-state index is 0.120. The van der Waals surface area contributed by atoms with Crippen LogP contribution in [0.15, 0.2) is 12.7 Å². The first kappa shape index (κ1) is 8.71. The Morgan fingerprint density at radius 1 is 1.64 bits per heavy atom. The van der Waals surface area contributed by atoms with Gasteiger partial charge < -0.3 is 5.11 Å². The van der Waals surface area contributed by atoms with Crippen LogP contribution in [0.5, 0.6) is 0 Å². The fraction of sp³-hybridized carbons (Fsp3) is 0.750. The minimum Gasteiger partial charge on any atom is -0.391 e. The third-order valence-electron chi connectivity index (χ3n) is 1.92. The zero-order chi connectivity index (χ0) is 8.10. The van der Waals surface area contributed by atoms with Gasteiger partial charge in [0.05, 0.1) is 18.8 Å². The molecule has 1 aliphatic rings. The number of aliphatic hydroxyl groups excluding tert-OH is 1. The summed E-state index contributed by atoms with van der Waals surface area (Å²) in [4.78, 5) is 5.01. The van der Waals surface area contributed by atoms with Crippen LogP contribution in [0.1, 0.15) is 19.3 Å². The van der Waals surface area contributed by atoms with Gasteiger partial charge in [-0.15, -0.1) is 6.58 Å². The molecule has 1 aliphatic carbocycles. The second-order valence-corrected chi connectivity index (χ2v) is 2.82. The maximum Gasteiger partial charge on any atom is 0.0861 e. The molecule has 0 aromatic rings. The summed E-state index contributed by atoms with van der Waals surface area (Å²) in [6, 6.07) is 0.120. The van der Waals surface area contributed by atoms with Crippen LogP contribution in [0.25, 0.3) is 0 Å². The van der Waals surface area contributed by atoms with Crippen molar-refractivity contribution in [2.24, 2.45) is 0 Å². The molecule has 0 aromatic heterocycles. The van der Waals surface area contributed by atoms with E-state index in [4.69, 9.17) is 4.84 Å².